The minimum Gasteiger partial charge on any atom is -0.480 e. The van der Waals surface area contributed by atoms with Crippen LogP contribution in [-0.2, 0) is 9.59 Å². The lowest BCUT2D eigenvalue weighted by Crippen LogP contribution is -2.36. The molecule has 2 N–H and O–H groups in total. The Morgan fingerprint density at radius 1 is 1.57 bits per heavy atom. The number of amides is 1. The third-order valence-corrected chi connectivity index (χ3v) is 2.64. The number of halogens is 1. The fraction of sp³-hybridized carbons (Fsp3) is 0.750. The van der Waals surface area contributed by atoms with Crippen LogP contribution in [0.4, 0.5) is 4.39 Å². The average molecular weight is 223 g/mol. The number of rotatable bonds is 9. The Kier molecular flexibility index (Phi) is 8.31. The molecule has 14 heavy (non-hydrogen) atoms. The molecule has 0 saturated heterocycles. The van der Waals surface area contributed by atoms with Gasteiger partial charge in [-0.1, -0.05) is 0 Å². The zero-order valence-electron chi connectivity index (χ0n) is 7.74. The van der Waals surface area contributed by atoms with E-state index in [9.17, 15) is 14.0 Å². The van der Waals surface area contributed by atoms with Gasteiger partial charge in [-0.05, 0) is 24.3 Å². The van der Waals surface area contributed by atoms with E-state index < -0.39 is 12.0 Å². The molecule has 0 aliphatic rings. The van der Waals surface area contributed by atoms with Crippen LogP contribution in [0.3, 0.4) is 0 Å². The number of hydrogen-bond acceptors (Lipinski definition) is 3. The van der Waals surface area contributed by atoms with Gasteiger partial charge in [0.05, 0.1) is 6.67 Å². The molecule has 0 aromatic carbocycles. The Labute approximate surface area is 86.2 Å². The average Bonchev–Trinajstić information content (AvgIpc) is 2.15. The molecule has 0 heterocycles. The summed E-state index contributed by atoms with van der Waals surface area (Å²) >= 11 is 1.49. The molecule has 4 nitrogen and oxygen atoms in total. The van der Waals surface area contributed by atoms with Gasteiger partial charge in [0.25, 0.3) is 0 Å². The van der Waals surface area contributed by atoms with Crippen molar-refractivity contribution in [3.8, 4) is 0 Å². The lowest BCUT2D eigenvalue weighted by Gasteiger charge is -2.09. The number of nitrogens with one attached hydrogen (secondary N) is 1. The van der Waals surface area contributed by atoms with E-state index in [-0.39, 0.29) is 6.67 Å². The second-order valence-electron chi connectivity index (χ2n) is 2.62. The lowest BCUT2D eigenvalue weighted by atomic mass is 10.2. The highest BCUT2D eigenvalue weighted by atomic mass is 32.2. The molecule has 6 heteroatoms. The molecule has 1 unspecified atom stereocenters. The van der Waals surface area contributed by atoms with Crippen LogP contribution < -0.4 is 5.32 Å². The monoisotopic (exact) mass is 223 g/mol. The predicted molar refractivity (Wildman–Crippen MR) is 53.2 cm³/mol. The van der Waals surface area contributed by atoms with E-state index in [2.05, 4.69) is 5.32 Å². The Bertz CT molecular complexity index is 180. The van der Waals surface area contributed by atoms with Crippen molar-refractivity contribution in [2.45, 2.75) is 18.9 Å². The van der Waals surface area contributed by atoms with Crippen molar-refractivity contribution in [1.29, 1.82) is 0 Å². The van der Waals surface area contributed by atoms with E-state index in [0.29, 0.717) is 30.8 Å². The molecule has 0 radical (unpaired) electrons. The van der Waals surface area contributed by atoms with Gasteiger partial charge in [-0.3, -0.25) is 9.18 Å². The molecule has 0 rings (SSSR count). The number of carboxylic acid groups (broad SMARTS) is 1. The molecule has 0 aromatic heterocycles. The molecule has 0 aliphatic carbocycles. The van der Waals surface area contributed by atoms with Gasteiger partial charge in [0.15, 0.2) is 0 Å². The van der Waals surface area contributed by atoms with Gasteiger partial charge in [-0.25, -0.2) is 4.79 Å². The third kappa shape index (κ3) is 6.71. The topological polar surface area (TPSA) is 66.4 Å². The largest absolute Gasteiger partial charge is 0.480 e. The van der Waals surface area contributed by atoms with Crippen molar-refractivity contribution in [2.75, 3.05) is 18.2 Å². The van der Waals surface area contributed by atoms with E-state index in [4.69, 9.17) is 5.11 Å². The van der Waals surface area contributed by atoms with Crippen LogP contribution in [0.5, 0.6) is 0 Å². The Morgan fingerprint density at radius 3 is 2.79 bits per heavy atom. The predicted octanol–water partition coefficient (Wildman–Crippen LogP) is 0.668. The van der Waals surface area contributed by atoms with E-state index in [1.165, 1.54) is 11.8 Å². The van der Waals surface area contributed by atoms with Gasteiger partial charge >= 0.3 is 5.97 Å². The van der Waals surface area contributed by atoms with Gasteiger partial charge < -0.3 is 10.4 Å². The lowest BCUT2D eigenvalue weighted by molar-refractivity contribution is -0.140. The number of alkyl halides is 1. The maximum absolute atomic E-state index is 11.7. The van der Waals surface area contributed by atoms with Crippen LogP contribution in [-0.4, -0.2) is 41.7 Å². The first kappa shape index (κ1) is 13.2. The maximum Gasteiger partial charge on any atom is 0.326 e. The molecular formula is C8H14FNO3S. The zero-order chi connectivity index (χ0) is 10.8. The highest BCUT2D eigenvalue weighted by Crippen LogP contribution is 2.06. The standard InChI is InChI=1S/C8H14FNO3S/c9-3-1-4-14-5-2-7(8(12)13)10-6-11/h6-7H,1-5H2,(H,10,11)(H,12,13). The molecule has 0 bridgehead atoms. The Morgan fingerprint density at radius 2 is 2.29 bits per heavy atom. The summed E-state index contributed by atoms with van der Waals surface area (Å²) in [5.74, 6) is 0.255. The highest BCUT2D eigenvalue weighted by molar-refractivity contribution is 7.99. The quantitative estimate of drug-likeness (QED) is 0.445. The van der Waals surface area contributed by atoms with E-state index in [1.807, 2.05) is 0 Å². The summed E-state index contributed by atoms with van der Waals surface area (Å²) in [5.41, 5.74) is 0. The van der Waals surface area contributed by atoms with Gasteiger partial charge in [-0.15, -0.1) is 0 Å². The molecule has 0 fully saturated rings. The summed E-state index contributed by atoms with van der Waals surface area (Å²) in [6, 6.07) is -0.828. The minimum atomic E-state index is -1.04. The van der Waals surface area contributed by atoms with Crippen LogP contribution in [0, 0.1) is 0 Å². The van der Waals surface area contributed by atoms with Crippen molar-refractivity contribution in [3.05, 3.63) is 0 Å². The molecule has 1 amide bonds. The van der Waals surface area contributed by atoms with Gasteiger partial charge in [0, 0.05) is 0 Å². The fourth-order valence-corrected chi connectivity index (χ4v) is 1.74. The van der Waals surface area contributed by atoms with Crippen LogP contribution in [0.15, 0.2) is 0 Å². The van der Waals surface area contributed by atoms with Crippen molar-refractivity contribution in [1.82, 2.24) is 5.32 Å². The summed E-state index contributed by atoms with van der Waals surface area (Å²) in [5, 5.41) is 10.8. The minimum absolute atomic E-state index is 0.345. The molecule has 1 atom stereocenters. The second-order valence-corrected chi connectivity index (χ2v) is 3.84. The first-order valence-corrected chi connectivity index (χ1v) is 5.44. The maximum atomic E-state index is 11.7. The van der Waals surface area contributed by atoms with Crippen LogP contribution in [0.2, 0.25) is 0 Å². The Hall–Kier alpha value is -0.780. The van der Waals surface area contributed by atoms with Gasteiger partial charge in [0.2, 0.25) is 6.41 Å². The number of carbonyl (C=O) groups excluding carboxylic acids is 1. The molecule has 0 aromatic rings. The summed E-state index contributed by atoms with van der Waals surface area (Å²) in [4.78, 5) is 20.5. The van der Waals surface area contributed by atoms with E-state index in [0.717, 1.165) is 0 Å². The number of carboxylic acids is 1. The number of carbonyl (C=O) groups is 2. The van der Waals surface area contributed by atoms with Crippen LogP contribution in [0.25, 0.3) is 0 Å². The summed E-state index contributed by atoms with van der Waals surface area (Å²) in [7, 11) is 0. The van der Waals surface area contributed by atoms with Crippen molar-refractivity contribution in [2.24, 2.45) is 0 Å². The zero-order valence-corrected chi connectivity index (χ0v) is 8.56. The molecule has 0 spiro atoms. The van der Waals surface area contributed by atoms with E-state index in [1.54, 1.807) is 0 Å². The number of hydrogen-bond donors (Lipinski definition) is 2. The van der Waals surface area contributed by atoms with Crippen molar-refractivity contribution in [3.63, 3.8) is 0 Å². The van der Waals surface area contributed by atoms with Crippen molar-refractivity contribution < 1.29 is 19.1 Å². The first-order valence-electron chi connectivity index (χ1n) is 4.28. The number of thioether (sulfide) groups is 1. The molecule has 82 valence electrons. The smallest absolute Gasteiger partial charge is 0.326 e. The molecular weight excluding hydrogens is 209 g/mol. The summed E-state index contributed by atoms with van der Waals surface area (Å²) in [6.45, 7) is -0.345. The first-order chi connectivity index (χ1) is 6.72. The van der Waals surface area contributed by atoms with Gasteiger partial charge in [0.1, 0.15) is 6.04 Å². The molecule has 0 saturated carbocycles. The normalized spacial score (nSPS) is 12.1. The van der Waals surface area contributed by atoms with Crippen LogP contribution in [0.1, 0.15) is 12.8 Å². The third-order valence-electron chi connectivity index (χ3n) is 1.54. The SMILES string of the molecule is O=CNC(CCSCCCF)C(=O)O. The van der Waals surface area contributed by atoms with Gasteiger partial charge in [-0.2, -0.15) is 11.8 Å². The Balaban J connectivity index is 3.50. The number of aliphatic carboxylic acids is 1. The summed E-state index contributed by atoms with van der Waals surface area (Å²) < 4.78 is 11.7. The second kappa shape index (κ2) is 8.80. The van der Waals surface area contributed by atoms with E-state index >= 15 is 0 Å². The van der Waals surface area contributed by atoms with Crippen molar-refractivity contribution >= 4 is 24.1 Å². The fourth-order valence-electron chi connectivity index (χ4n) is 0.820. The highest BCUT2D eigenvalue weighted by Gasteiger charge is 2.14. The summed E-state index contributed by atoms with van der Waals surface area (Å²) in [6.07, 6.45) is 1.24. The molecule has 0 aliphatic heterocycles. The van der Waals surface area contributed by atoms with Crippen LogP contribution >= 0.6 is 11.8 Å².